The van der Waals surface area contributed by atoms with Crippen LogP contribution >= 0.6 is 15.9 Å². The van der Waals surface area contributed by atoms with Crippen molar-refractivity contribution in [1.29, 1.82) is 0 Å². The summed E-state index contributed by atoms with van der Waals surface area (Å²) in [6, 6.07) is 16.8. The molecule has 0 saturated heterocycles. The zero-order valence-corrected chi connectivity index (χ0v) is 14.6. The first-order valence-corrected chi connectivity index (χ1v) is 8.25. The molecule has 5 heteroatoms. The van der Waals surface area contributed by atoms with Gasteiger partial charge in [0.15, 0.2) is 0 Å². The molecule has 2 aromatic carbocycles. The molecule has 3 aromatic rings. The number of nitrogens with one attached hydrogen (secondary N) is 1. The first-order chi connectivity index (χ1) is 11.5. The smallest absolute Gasteiger partial charge is 0.335 e. The number of carboxylic acid groups (broad SMARTS) is 1. The lowest BCUT2D eigenvalue weighted by molar-refractivity contribution is 0.0697. The molecule has 0 atom stereocenters. The van der Waals surface area contributed by atoms with E-state index in [9.17, 15) is 4.79 Å². The summed E-state index contributed by atoms with van der Waals surface area (Å²) in [6.45, 7) is 2.42. The summed E-state index contributed by atoms with van der Waals surface area (Å²) in [4.78, 5) is 11.1. The second-order valence-electron chi connectivity index (χ2n) is 5.46. The number of rotatable bonds is 5. The minimum absolute atomic E-state index is 0.262. The van der Waals surface area contributed by atoms with Crippen LogP contribution in [-0.2, 0) is 6.54 Å². The molecule has 2 N–H and O–H groups in total. The van der Waals surface area contributed by atoms with Gasteiger partial charge in [0.25, 0.3) is 0 Å². The van der Waals surface area contributed by atoms with Gasteiger partial charge in [-0.3, -0.25) is 0 Å². The van der Waals surface area contributed by atoms with Crippen molar-refractivity contribution in [3.63, 3.8) is 0 Å². The molecule has 0 aliphatic rings. The van der Waals surface area contributed by atoms with Gasteiger partial charge in [-0.15, -0.1) is 0 Å². The van der Waals surface area contributed by atoms with Crippen molar-refractivity contribution < 1.29 is 14.3 Å². The van der Waals surface area contributed by atoms with Gasteiger partial charge in [-0.2, -0.15) is 0 Å². The molecule has 24 heavy (non-hydrogen) atoms. The molecule has 122 valence electrons. The van der Waals surface area contributed by atoms with Crippen molar-refractivity contribution >= 4 is 27.6 Å². The Morgan fingerprint density at radius 2 is 1.88 bits per heavy atom. The monoisotopic (exact) mass is 385 g/mol. The molecule has 1 heterocycles. The van der Waals surface area contributed by atoms with E-state index in [1.165, 1.54) is 0 Å². The fraction of sp³-hybridized carbons (Fsp3) is 0.105. The normalized spacial score (nSPS) is 10.6. The van der Waals surface area contributed by atoms with E-state index >= 15 is 0 Å². The Labute approximate surface area is 148 Å². The number of hydrogen-bond acceptors (Lipinski definition) is 3. The number of furan rings is 1. The van der Waals surface area contributed by atoms with E-state index < -0.39 is 5.97 Å². The Hall–Kier alpha value is -2.53. The van der Waals surface area contributed by atoms with Crippen LogP contribution in [0, 0.1) is 6.92 Å². The van der Waals surface area contributed by atoms with E-state index in [0.29, 0.717) is 6.54 Å². The molecule has 3 rings (SSSR count). The van der Waals surface area contributed by atoms with E-state index in [1.807, 2.05) is 43.3 Å². The first-order valence-electron chi connectivity index (χ1n) is 7.45. The lowest BCUT2D eigenvalue weighted by atomic mass is 10.1. The van der Waals surface area contributed by atoms with Crippen LogP contribution in [0.1, 0.15) is 21.7 Å². The van der Waals surface area contributed by atoms with Crippen LogP contribution in [0.5, 0.6) is 0 Å². The number of halogens is 1. The summed E-state index contributed by atoms with van der Waals surface area (Å²) in [6.07, 6.45) is 0. The Bertz CT molecular complexity index is 869. The van der Waals surface area contributed by atoms with Crippen LogP contribution in [0.2, 0.25) is 0 Å². The predicted molar refractivity (Wildman–Crippen MR) is 97.3 cm³/mol. The summed E-state index contributed by atoms with van der Waals surface area (Å²) in [5.74, 6) is 0.650. The van der Waals surface area contributed by atoms with Crippen LogP contribution < -0.4 is 5.32 Å². The van der Waals surface area contributed by atoms with Gasteiger partial charge in [0.2, 0.25) is 0 Å². The minimum atomic E-state index is -0.937. The second kappa shape index (κ2) is 6.93. The number of carbonyl (C=O) groups is 1. The van der Waals surface area contributed by atoms with Crippen molar-refractivity contribution in [3.05, 3.63) is 76.0 Å². The summed E-state index contributed by atoms with van der Waals surface area (Å²) in [7, 11) is 0. The largest absolute Gasteiger partial charge is 0.478 e. The SMILES string of the molecule is Cc1ccc(C(=O)O)cc1NCc1ccc(-c2ccc(Br)cc2)o1. The molecular formula is C19H16BrNO3. The maximum absolute atomic E-state index is 11.1. The lowest BCUT2D eigenvalue weighted by Crippen LogP contribution is -2.03. The Balaban J connectivity index is 1.73. The third-order valence-electron chi connectivity index (χ3n) is 3.73. The quantitative estimate of drug-likeness (QED) is 0.622. The van der Waals surface area contributed by atoms with E-state index in [4.69, 9.17) is 9.52 Å². The number of carboxylic acids is 1. The number of aryl methyl sites for hydroxylation is 1. The molecule has 0 radical (unpaired) electrons. The van der Waals surface area contributed by atoms with Crippen LogP contribution in [0.4, 0.5) is 5.69 Å². The average molecular weight is 386 g/mol. The van der Waals surface area contributed by atoms with Crippen LogP contribution in [-0.4, -0.2) is 11.1 Å². The topological polar surface area (TPSA) is 62.5 Å². The van der Waals surface area contributed by atoms with Crippen molar-refractivity contribution in [1.82, 2.24) is 0 Å². The van der Waals surface area contributed by atoms with E-state index in [2.05, 4.69) is 21.2 Å². The third-order valence-corrected chi connectivity index (χ3v) is 4.26. The fourth-order valence-electron chi connectivity index (χ4n) is 2.37. The molecule has 0 fully saturated rings. The Morgan fingerprint density at radius 3 is 2.58 bits per heavy atom. The second-order valence-corrected chi connectivity index (χ2v) is 6.38. The standard InChI is InChI=1S/C19H16BrNO3/c1-12-2-3-14(19(22)23)10-17(12)21-11-16-8-9-18(24-16)13-4-6-15(20)7-5-13/h2-10,21H,11H2,1H3,(H,22,23). The van der Waals surface area contributed by atoms with E-state index in [-0.39, 0.29) is 5.56 Å². The molecule has 0 aliphatic heterocycles. The third kappa shape index (κ3) is 3.68. The van der Waals surface area contributed by atoms with Gasteiger partial charge in [-0.1, -0.05) is 34.1 Å². The summed E-state index contributed by atoms with van der Waals surface area (Å²) in [5, 5.41) is 12.3. The zero-order chi connectivity index (χ0) is 17.1. The summed E-state index contributed by atoms with van der Waals surface area (Å²) in [5.41, 5.74) is 3.04. The van der Waals surface area contributed by atoms with E-state index in [0.717, 1.165) is 32.8 Å². The lowest BCUT2D eigenvalue weighted by Gasteiger charge is -2.09. The first kappa shape index (κ1) is 16.3. The van der Waals surface area contributed by atoms with Gasteiger partial charge >= 0.3 is 5.97 Å². The average Bonchev–Trinajstić information content (AvgIpc) is 3.03. The fourth-order valence-corrected chi connectivity index (χ4v) is 2.63. The highest BCUT2D eigenvalue weighted by molar-refractivity contribution is 9.10. The maximum Gasteiger partial charge on any atom is 0.335 e. The highest BCUT2D eigenvalue weighted by Gasteiger charge is 2.08. The molecule has 1 aromatic heterocycles. The molecule has 0 aliphatic carbocycles. The van der Waals surface area contributed by atoms with Gasteiger partial charge in [0.1, 0.15) is 11.5 Å². The molecule has 4 nitrogen and oxygen atoms in total. The van der Waals surface area contributed by atoms with Gasteiger partial charge in [0, 0.05) is 15.7 Å². The molecule has 0 bridgehead atoms. The summed E-state index contributed by atoms with van der Waals surface area (Å²) < 4.78 is 6.88. The van der Waals surface area contributed by atoms with Crippen molar-refractivity contribution in [3.8, 4) is 11.3 Å². The summed E-state index contributed by atoms with van der Waals surface area (Å²) >= 11 is 3.41. The number of anilines is 1. The van der Waals surface area contributed by atoms with Crippen molar-refractivity contribution in [2.75, 3.05) is 5.32 Å². The minimum Gasteiger partial charge on any atom is -0.478 e. The maximum atomic E-state index is 11.1. The predicted octanol–water partition coefficient (Wildman–Crippen LogP) is 5.33. The van der Waals surface area contributed by atoms with Crippen molar-refractivity contribution in [2.45, 2.75) is 13.5 Å². The van der Waals surface area contributed by atoms with Crippen LogP contribution in [0.3, 0.4) is 0 Å². The van der Waals surface area contributed by atoms with Gasteiger partial charge in [-0.25, -0.2) is 4.79 Å². The zero-order valence-electron chi connectivity index (χ0n) is 13.0. The molecule has 0 spiro atoms. The van der Waals surface area contributed by atoms with Gasteiger partial charge < -0.3 is 14.8 Å². The van der Waals surface area contributed by atoms with Gasteiger partial charge in [-0.05, 0) is 48.9 Å². The van der Waals surface area contributed by atoms with Gasteiger partial charge in [0.05, 0.1) is 12.1 Å². The van der Waals surface area contributed by atoms with Crippen LogP contribution in [0.25, 0.3) is 11.3 Å². The number of aromatic carboxylic acids is 1. The highest BCUT2D eigenvalue weighted by atomic mass is 79.9. The number of hydrogen-bond donors (Lipinski definition) is 2. The van der Waals surface area contributed by atoms with Crippen molar-refractivity contribution in [2.24, 2.45) is 0 Å². The molecule has 0 saturated carbocycles. The van der Waals surface area contributed by atoms with Crippen LogP contribution in [0.15, 0.2) is 63.5 Å². The molecule has 0 amide bonds. The van der Waals surface area contributed by atoms with E-state index in [1.54, 1.807) is 18.2 Å². The number of benzene rings is 2. The molecular weight excluding hydrogens is 370 g/mol. The molecule has 0 unspecified atom stereocenters. The Morgan fingerprint density at radius 1 is 1.12 bits per heavy atom. The Kier molecular flexibility index (Phi) is 4.71. The highest BCUT2D eigenvalue weighted by Crippen LogP contribution is 2.25.